The molecule has 0 aliphatic carbocycles. The normalized spacial score (nSPS) is 28.1. The van der Waals surface area contributed by atoms with E-state index in [1.54, 1.807) is 26.9 Å². The van der Waals surface area contributed by atoms with Crippen molar-refractivity contribution in [3.63, 3.8) is 0 Å². The number of likely N-dealkylation sites (tertiary alicyclic amines) is 1. The highest BCUT2D eigenvalue weighted by atomic mass is 16.5. The number of rotatable bonds is 14. The van der Waals surface area contributed by atoms with Crippen molar-refractivity contribution in [2.75, 3.05) is 37.7 Å². The molecule has 224 valence electrons. The second-order valence-corrected chi connectivity index (χ2v) is 12.1. The number of para-hydroxylation sites is 1. The number of aliphatic hydroxyl groups is 1. The topological polar surface area (TPSA) is 90.4 Å². The van der Waals surface area contributed by atoms with Crippen molar-refractivity contribution < 1.29 is 24.2 Å². The van der Waals surface area contributed by atoms with Crippen molar-refractivity contribution in [1.29, 1.82) is 0 Å². The summed E-state index contributed by atoms with van der Waals surface area (Å²) in [5.74, 6) is -1.87. The molecule has 3 aliphatic rings. The number of hydrogen-bond donors (Lipinski definition) is 1. The summed E-state index contributed by atoms with van der Waals surface area (Å²) in [7, 11) is 0. The average molecular weight is 566 g/mol. The van der Waals surface area contributed by atoms with Gasteiger partial charge in [0.15, 0.2) is 0 Å². The SMILES string of the molecule is C=CCN(CCC)C(=O)[C@H]1[C@H]2C(=O)N(CCCCCO)C(C(=O)N(CC=C)c3c(C)cccc3C)C23CC[C@]1(C)O3. The second-order valence-electron chi connectivity index (χ2n) is 12.1. The predicted molar refractivity (Wildman–Crippen MR) is 160 cm³/mol. The van der Waals surface area contributed by atoms with Gasteiger partial charge >= 0.3 is 0 Å². The lowest BCUT2D eigenvalue weighted by Gasteiger charge is -2.37. The molecule has 2 unspecified atom stereocenters. The number of carbonyl (C=O) groups is 3. The first-order chi connectivity index (χ1) is 19.6. The highest BCUT2D eigenvalue weighted by Crippen LogP contribution is 2.63. The Labute approximate surface area is 245 Å². The first kappa shape index (κ1) is 31.0. The van der Waals surface area contributed by atoms with E-state index in [0.29, 0.717) is 45.3 Å². The lowest BCUT2D eigenvalue weighted by Crippen LogP contribution is -2.57. The molecular weight excluding hydrogens is 518 g/mol. The highest BCUT2D eigenvalue weighted by Gasteiger charge is 2.78. The molecule has 1 spiro atoms. The van der Waals surface area contributed by atoms with Gasteiger partial charge in [-0.1, -0.05) is 37.3 Å². The van der Waals surface area contributed by atoms with Crippen LogP contribution in [0.4, 0.5) is 5.69 Å². The van der Waals surface area contributed by atoms with E-state index in [0.717, 1.165) is 29.7 Å². The van der Waals surface area contributed by atoms with Crippen LogP contribution < -0.4 is 4.90 Å². The molecule has 1 N–H and O–H groups in total. The fourth-order valence-corrected chi connectivity index (χ4v) is 7.61. The molecule has 3 saturated heterocycles. The van der Waals surface area contributed by atoms with Gasteiger partial charge in [-0.3, -0.25) is 14.4 Å². The van der Waals surface area contributed by atoms with Crippen molar-refractivity contribution in [3.8, 4) is 0 Å². The fourth-order valence-electron chi connectivity index (χ4n) is 7.61. The van der Waals surface area contributed by atoms with E-state index in [9.17, 15) is 19.5 Å². The van der Waals surface area contributed by atoms with Crippen LogP contribution in [0.25, 0.3) is 0 Å². The summed E-state index contributed by atoms with van der Waals surface area (Å²) in [6.07, 6.45) is 7.37. The van der Waals surface area contributed by atoms with Crippen LogP contribution >= 0.6 is 0 Å². The Morgan fingerprint density at radius 1 is 1.10 bits per heavy atom. The molecule has 3 aliphatic heterocycles. The van der Waals surface area contributed by atoms with E-state index in [2.05, 4.69) is 13.2 Å². The number of nitrogens with zero attached hydrogens (tertiary/aromatic N) is 3. The van der Waals surface area contributed by atoms with E-state index in [1.165, 1.54) is 0 Å². The molecule has 8 heteroatoms. The van der Waals surface area contributed by atoms with Gasteiger partial charge in [-0.25, -0.2) is 0 Å². The Morgan fingerprint density at radius 3 is 2.39 bits per heavy atom. The van der Waals surface area contributed by atoms with Crippen LogP contribution in [-0.2, 0) is 19.1 Å². The third-order valence-corrected chi connectivity index (χ3v) is 9.28. The summed E-state index contributed by atoms with van der Waals surface area (Å²) >= 11 is 0. The van der Waals surface area contributed by atoms with Gasteiger partial charge in [0.05, 0.1) is 17.4 Å². The zero-order valence-electron chi connectivity index (χ0n) is 25.2. The maximum Gasteiger partial charge on any atom is 0.253 e. The molecule has 0 aromatic heterocycles. The summed E-state index contributed by atoms with van der Waals surface area (Å²) in [4.78, 5) is 48.5. The highest BCUT2D eigenvalue weighted by molar-refractivity contribution is 6.05. The molecular formula is C33H47N3O5. The van der Waals surface area contributed by atoms with Crippen molar-refractivity contribution in [2.24, 2.45) is 11.8 Å². The molecule has 1 aromatic rings. The Bertz CT molecular complexity index is 1160. The van der Waals surface area contributed by atoms with Crippen LogP contribution in [0.3, 0.4) is 0 Å². The summed E-state index contributed by atoms with van der Waals surface area (Å²) in [5.41, 5.74) is 0.834. The second kappa shape index (κ2) is 12.5. The largest absolute Gasteiger partial charge is 0.396 e. The first-order valence-corrected chi connectivity index (χ1v) is 15.1. The Morgan fingerprint density at radius 2 is 1.78 bits per heavy atom. The molecule has 3 heterocycles. The van der Waals surface area contributed by atoms with Crippen molar-refractivity contribution >= 4 is 23.4 Å². The van der Waals surface area contributed by atoms with E-state index in [4.69, 9.17) is 4.74 Å². The van der Waals surface area contributed by atoms with Gasteiger partial charge in [-0.2, -0.15) is 0 Å². The number of unbranched alkanes of at least 4 members (excludes halogenated alkanes) is 2. The van der Waals surface area contributed by atoms with Crippen molar-refractivity contribution in [3.05, 3.63) is 54.6 Å². The first-order valence-electron chi connectivity index (χ1n) is 15.1. The molecule has 8 nitrogen and oxygen atoms in total. The van der Waals surface area contributed by atoms with Crippen LogP contribution in [-0.4, -0.2) is 82.7 Å². The molecule has 4 rings (SSSR count). The van der Waals surface area contributed by atoms with Gasteiger partial charge < -0.3 is 24.5 Å². The number of anilines is 1. The summed E-state index contributed by atoms with van der Waals surface area (Å²) in [6, 6.07) is 5.07. The van der Waals surface area contributed by atoms with Crippen LogP contribution in [0.5, 0.6) is 0 Å². The maximum absolute atomic E-state index is 14.8. The molecule has 2 bridgehead atoms. The average Bonchev–Trinajstić information content (AvgIpc) is 3.50. The number of hydrogen-bond acceptors (Lipinski definition) is 5. The van der Waals surface area contributed by atoms with Gasteiger partial charge in [0.1, 0.15) is 11.6 Å². The zero-order valence-corrected chi connectivity index (χ0v) is 25.2. The number of aryl methyl sites for hydroxylation is 2. The fraction of sp³-hybridized carbons (Fsp3) is 0.606. The molecule has 3 fully saturated rings. The number of amides is 3. The Balaban J connectivity index is 1.80. The van der Waals surface area contributed by atoms with Gasteiger partial charge in [-0.15, -0.1) is 13.2 Å². The van der Waals surface area contributed by atoms with E-state index < -0.39 is 29.1 Å². The number of benzene rings is 1. The molecule has 41 heavy (non-hydrogen) atoms. The third-order valence-electron chi connectivity index (χ3n) is 9.28. The molecule has 0 saturated carbocycles. The number of fused-ring (bicyclic) bond motifs is 1. The molecule has 0 radical (unpaired) electrons. The maximum atomic E-state index is 14.8. The predicted octanol–water partition coefficient (Wildman–Crippen LogP) is 4.17. The Kier molecular flexibility index (Phi) is 9.44. The Hall–Kier alpha value is -2.97. The van der Waals surface area contributed by atoms with Crippen LogP contribution in [0.15, 0.2) is 43.5 Å². The van der Waals surface area contributed by atoms with Gasteiger partial charge in [-0.05, 0) is 70.4 Å². The van der Waals surface area contributed by atoms with Gasteiger partial charge in [0.25, 0.3) is 5.91 Å². The van der Waals surface area contributed by atoms with Crippen LogP contribution in [0, 0.1) is 25.7 Å². The quantitative estimate of drug-likeness (QED) is 0.270. The number of aliphatic hydroxyl groups excluding tert-OH is 1. The minimum absolute atomic E-state index is 0.0805. The molecule has 1 aromatic carbocycles. The van der Waals surface area contributed by atoms with E-state index in [1.807, 2.05) is 45.9 Å². The minimum atomic E-state index is -1.08. The van der Waals surface area contributed by atoms with Crippen molar-refractivity contribution in [2.45, 2.75) is 83.5 Å². The number of ether oxygens (including phenoxy) is 1. The summed E-state index contributed by atoms with van der Waals surface area (Å²) in [6.45, 7) is 17.4. The zero-order chi connectivity index (χ0) is 29.9. The summed E-state index contributed by atoms with van der Waals surface area (Å²) < 4.78 is 6.85. The lowest BCUT2D eigenvalue weighted by atomic mass is 9.66. The number of carbonyl (C=O) groups excluding carboxylic acids is 3. The summed E-state index contributed by atoms with van der Waals surface area (Å²) in [5, 5.41) is 9.32. The van der Waals surface area contributed by atoms with Crippen LogP contribution in [0.1, 0.15) is 63.5 Å². The van der Waals surface area contributed by atoms with Crippen LogP contribution in [0.2, 0.25) is 0 Å². The molecule has 5 atom stereocenters. The van der Waals surface area contributed by atoms with Crippen molar-refractivity contribution in [1.82, 2.24) is 9.80 Å². The third kappa shape index (κ3) is 5.25. The van der Waals surface area contributed by atoms with E-state index in [-0.39, 0.29) is 30.9 Å². The lowest BCUT2D eigenvalue weighted by molar-refractivity contribution is -0.149. The minimum Gasteiger partial charge on any atom is -0.396 e. The van der Waals surface area contributed by atoms with Gasteiger partial charge in [0, 0.05) is 38.5 Å². The van der Waals surface area contributed by atoms with Gasteiger partial charge in [0.2, 0.25) is 11.8 Å². The van der Waals surface area contributed by atoms with E-state index >= 15 is 0 Å². The smallest absolute Gasteiger partial charge is 0.253 e. The molecule has 3 amide bonds. The monoisotopic (exact) mass is 565 g/mol. The standard InChI is InChI=1S/C33H47N3O5/c1-7-18-34(19-8-2)29(38)25-26-30(39)36(21-11-10-12-22-37)28(33(26)17-16-32(25,6)41-33)31(40)35(20-9-3)27-23(4)14-13-15-24(27)5/h7,9,13-15,25-26,28,37H,1,3,8,10-12,16-22H2,2,4-6H3/t25-,26+,28?,32+,33?/m1/s1.